The van der Waals surface area contributed by atoms with E-state index in [4.69, 9.17) is 9.52 Å². The van der Waals surface area contributed by atoms with Crippen LogP contribution in [-0.4, -0.2) is 27.4 Å². The minimum atomic E-state index is -0.956. The van der Waals surface area contributed by atoms with Gasteiger partial charge in [-0.1, -0.05) is 0 Å². The van der Waals surface area contributed by atoms with Crippen LogP contribution in [0.15, 0.2) is 22.9 Å². The lowest BCUT2D eigenvalue weighted by molar-refractivity contribution is 0.0695. The lowest BCUT2D eigenvalue weighted by atomic mass is 10.2. The van der Waals surface area contributed by atoms with E-state index >= 15 is 0 Å². The number of carboxylic acids is 1. The van der Waals surface area contributed by atoms with Gasteiger partial charge in [-0.2, -0.15) is 5.10 Å². The molecule has 6 heteroatoms. The van der Waals surface area contributed by atoms with Crippen molar-refractivity contribution in [2.24, 2.45) is 7.05 Å². The van der Waals surface area contributed by atoms with Crippen molar-refractivity contribution in [2.75, 3.05) is 6.54 Å². The fraction of sp³-hybridized carbons (Fsp3) is 0.385. The fourth-order valence-corrected chi connectivity index (χ4v) is 1.89. The molecular weight excluding hydrogens is 246 g/mol. The highest BCUT2D eigenvalue weighted by Gasteiger charge is 2.13. The number of carboxylic acid groups (broad SMARTS) is 1. The van der Waals surface area contributed by atoms with Gasteiger partial charge in [0.1, 0.15) is 17.1 Å². The molecule has 19 heavy (non-hydrogen) atoms. The van der Waals surface area contributed by atoms with Gasteiger partial charge in [0, 0.05) is 13.2 Å². The van der Waals surface area contributed by atoms with Gasteiger partial charge in [0.15, 0.2) is 0 Å². The molecule has 2 N–H and O–H groups in total. The summed E-state index contributed by atoms with van der Waals surface area (Å²) in [7, 11) is 1.88. The first kappa shape index (κ1) is 13.4. The van der Waals surface area contributed by atoms with Gasteiger partial charge >= 0.3 is 5.97 Å². The van der Waals surface area contributed by atoms with Crippen LogP contribution in [0.3, 0.4) is 0 Å². The molecule has 0 amide bonds. The second-order valence-electron chi connectivity index (χ2n) is 4.44. The molecule has 0 atom stereocenters. The first-order chi connectivity index (χ1) is 9.06. The van der Waals surface area contributed by atoms with Crippen LogP contribution in [0.2, 0.25) is 0 Å². The maximum atomic E-state index is 10.9. The van der Waals surface area contributed by atoms with E-state index in [1.807, 2.05) is 19.4 Å². The Labute approximate surface area is 111 Å². The van der Waals surface area contributed by atoms with Gasteiger partial charge in [-0.15, -0.1) is 0 Å². The average molecular weight is 263 g/mol. The molecule has 0 saturated carbocycles. The van der Waals surface area contributed by atoms with Crippen molar-refractivity contribution in [1.82, 2.24) is 15.1 Å². The molecular formula is C13H17N3O3. The van der Waals surface area contributed by atoms with Crippen LogP contribution >= 0.6 is 0 Å². The molecule has 0 saturated heterocycles. The van der Waals surface area contributed by atoms with Crippen LogP contribution in [0.25, 0.3) is 0 Å². The van der Waals surface area contributed by atoms with E-state index < -0.39 is 5.97 Å². The van der Waals surface area contributed by atoms with Crippen molar-refractivity contribution in [3.63, 3.8) is 0 Å². The van der Waals surface area contributed by atoms with E-state index in [1.165, 1.54) is 0 Å². The third-order valence-corrected chi connectivity index (χ3v) is 2.85. The van der Waals surface area contributed by atoms with Crippen molar-refractivity contribution in [3.05, 3.63) is 41.1 Å². The van der Waals surface area contributed by atoms with Crippen molar-refractivity contribution >= 4 is 5.97 Å². The summed E-state index contributed by atoms with van der Waals surface area (Å²) in [6.07, 6.45) is 4.68. The Morgan fingerprint density at radius 1 is 1.58 bits per heavy atom. The van der Waals surface area contributed by atoms with Gasteiger partial charge in [0.25, 0.3) is 0 Å². The summed E-state index contributed by atoms with van der Waals surface area (Å²) in [6, 6.07) is 1.56. The van der Waals surface area contributed by atoms with E-state index in [2.05, 4.69) is 10.4 Å². The Kier molecular flexibility index (Phi) is 4.01. The molecule has 0 spiro atoms. The topological polar surface area (TPSA) is 80.3 Å². The molecule has 2 heterocycles. The van der Waals surface area contributed by atoms with Crippen LogP contribution in [0.5, 0.6) is 0 Å². The van der Waals surface area contributed by atoms with Crippen LogP contribution in [-0.2, 0) is 20.0 Å². The van der Waals surface area contributed by atoms with Gasteiger partial charge in [-0.25, -0.2) is 4.79 Å². The zero-order chi connectivity index (χ0) is 13.8. The van der Waals surface area contributed by atoms with Crippen LogP contribution in [0.4, 0.5) is 0 Å². The fourth-order valence-electron chi connectivity index (χ4n) is 1.89. The summed E-state index contributed by atoms with van der Waals surface area (Å²) >= 11 is 0. The molecule has 6 nitrogen and oxygen atoms in total. The number of rotatable bonds is 6. The number of hydrogen-bond donors (Lipinski definition) is 2. The second-order valence-corrected chi connectivity index (χ2v) is 4.44. The molecule has 0 radical (unpaired) electrons. The van der Waals surface area contributed by atoms with Crippen LogP contribution in [0, 0.1) is 6.92 Å². The molecule has 2 aromatic rings. The standard InChI is InChI=1S/C13H17N3O3/c1-9-12(13(17)18)5-11(19-9)7-14-4-3-10-6-15-16(2)8-10/h5-6,8,14H,3-4,7H2,1-2H3,(H,17,18). The van der Waals surface area contributed by atoms with E-state index in [0.717, 1.165) is 18.5 Å². The summed E-state index contributed by atoms with van der Waals surface area (Å²) in [5.41, 5.74) is 1.39. The predicted molar refractivity (Wildman–Crippen MR) is 69.0 cm³/mol. The smallest absolute Gasteiger partial charge is 0.339 e. The maximum absolute atomic E-state index is 10.9. The summed E-state index contributed by atoms with van der Waals surface area (Å²) in [6.45, 7) is 2.96. The number of aromatic nitrogens is 2. The van der Waals surface area contributed by atoms with E-state index in [1.54, 1.807) is 17.7 Å². The van der Waals surface area contributed by atoms with Crippen LogP contribution in [0.1, 0.15) is 27.4 Å². The molecule has 0 aromatic carbocycles. The first-order valence-electron chi connectivity index (χ1n) is 6.07. The van der Waals surface area contributed by atoms with Gasteiger partial charge in [0.2, 0.25) is 0 Å². The largest absolute Gasteiger partial charge is 0.478 e. The molecule has 102 valence electrons. The van der Waals surface area contributed by atoms with Crippen molar-refractivity contribution in [1.29, 1.82) is 0 Å². The van der Waals surface area contributed by atoms with Crippen LogP contribution < -0.4 is 5.32 Å². The molecule has 0 aliphatic carbocycles. The number of carbonyl (C=O) groups is 1. The molecule has 2 aromatic heterocycles. The Morgan fingerprint density at radius 2 is 2.37 bits per heavy atom. The quantitative estimate of drug-likeness (QED) is 0.769. The zero-order valence-electron chi connectivity index (χ0n) is 11.0. The van der Waals surface area contributed by atoms with Crippen molar-refractivity contribution < 1.29 is 14.3 Å². The Bertz CT molecular complexity index is 571. The monoisotopic (exact) mass is 263 g/mol. The normalized spacial score (nSPS) is 10.8. The summed E-state index contributed by atoms with van der Waals surface area (Å²) in [5.74, 6) is 0.125. The first-order valence-corrected chi connectivity index (χ1v) is 6.07. The maximum Gasteiger partial charge on any atom is 0.339 e. The Balaban J connectivity index is 1.79. The van der Waals surface area contributed by atoms with Gasteiger partial charge in [0.05, 0.1) is 12.7 Å². The zero-order valence-corrected chi connectivity index (χ0v) is 11.0. The lowest BCUT2D eigenvalue weighted by Crippen LogP contribution is -2.16. The predicted octanol–water partition coefficient (Wildman–Crippen LogP) is 1.35. The highest BCUT2D eigenvalue weighted by Crippen LogP contribution is 2.14. The minimum Gasteiger partial charge on any atom is -0.478 e. The molecule has 0 aliphatic rings. The summed E-state index contributed by atoms with van der Waals surface area (Å²) in [4.78, 5) is 10.9. The van der Waals surface area contributed by atoms with Crippen molar-refractivity contribution in [3.8, 4) is 0 Å². The molecule has 2 rings (SSSR count). The van der Waals surface area contributed by atoms with Gasteiger partial charge in [-0.05, 0) is 31.5 Å². The highest BCUT2D eigenvalue weighted by atomic mass is 16.4. The third kappa shape index (κ3) is 3.45. The Hall–Kier alpha value is -2.08. The average Bonchev–Trinajstić information content (AvgIpc) is 2.91. The lowest BCUT2D eigenvalue weighted by Gasteiger charge is -2.00. The highest BCUT2D eigenvalue weighted by molar-refractivity contribution is 5.88. The van der Waals surface area contributed by atoms with E-state index in [9.17, 15) is 4.79 Å². The molecule has 0 unspecified atom stereocenters. The number of hydrogen-bond acceptors (Lipinski definition) is 4. The number of nitrogens with one attached hydrogen (secondary N) is 1. The second kappa shape index (κ2) is 5.71. The molecule has 0 aliphatic heterocycles. The minimum absolute atomic E-state index is 0.226. The Morgan fingerprint density at radius 3 is 2.95 bits per heavy atom. The number of aromatic carboxylic acids is 1. The summed E-state index contributed by atoms with van der Waals surface area (Å²) < 4.78 is 7.14. The van der Waals surface area contributed by atoms with E-state index in [0.29, 0.717) is 18.1 Å². The van der Waals surface area contributed by atoms with Gasteiger partial charge < -0.3 is 14.8 Å². The SMILES string of the molecule is Cc1oc(CNCCc2cnn(C)c2)cc1C(=O)O. The van der Waals surface area contributed by atoms with Crippen molar-refractivity contribution in [2.45, 2.75) is 19.9 Å². The molecule has 0 fully saturated rings. The molecule has 0 bridgehead atoms. The number of furan rings is 1. The number of nitrogens with zero attached hydrogens (tertiary/aromatic N) is 2. The number of aryl methyl sites for hydroxylation is 2. The van der Waals surface area contributed by atoms with Gasteiger partial charge in [-0.3, -0.25) is 4.68 Å². The summed E-state index contributed by atoms with van der Waals surface area (Å²) in [5, 5.41) is 16.2. The van der Waals surface area contributed by atoms with E-state index in [-0.39, 0.29) is 5.56 Å². The third-order valence-electron chi connectivity index (χ3n) is 2.85.